The molecule has 106 valence electrons. The molecule has 0 aliphatic carbocycles. The standard InChI is InChI=1S/C17H23N3/c1-4-6-14-7-5-8-15(11-14)17(20-18)16-9-12(2)19-13(3)10-16/h5,7-11,17,20H,4,6,18H2,1-3H3. The van der Waals surface area contributed by atoms with Crippen LogP contribution >= 0.6 is 0 Å². The van der Waals surface area contributed by atoms with E-state index in [0.29, 0.717) is 0 Å². The van der Waals surface area contributed by atoms with E-state index in [4.69, 9.17) is 5.84 Å². The molecular formula is C17H23N3. The minimum atomic E-state index is 0.00667. The van der Waals surface area contributed by atoms with Crippen molar-refractivity contribution in [2.24, 2.45) is 5.84 Å². The number of aryl methyl sites for hydroxylation is 3. The fourth-order valence-corrected chi connectivity index (χ4v) is 2.64. The summed E-state index contributed by atoms with van der Waals surface area (Å²) in [6.45, 7) is 6.22. The smallest absolute Gasteiger partial charge is 0.0711 e. The van der Waals surface area contributed by atoms with Gasteiger partial charge in [0.05, 0.1) is 6.04 Å². The van der Waals surface area contributed by atoms with Gasteiger partial charge in [0.1, 0.15) is 0 Å². The molecule has 2 aromatic rings. The third kappa shape index (κ3) is 3.44. The first-order valence-electron chi connectivity index (χ1n) is 7.14. The Labute approximate surface area is 121 Å². The van der Waals surface area contributed by atoms with Crippen molar-refractivity contribution in [1.82, 2.24) is 10.4 Å². The molecule has 1 atom stereocenters. The molecule has 0 bridgehead atoms. The van der Waals surface area contributed by atoms with Gasteiger partial charge in [0.15, 0.2) is 0 Å². The molecular weight excluding hydrogens is 246 g/mol. The Bertz CT molecular complexity index is 558. The molecule has 20 heavy (non-hydrogen) atoms. The van der Waals surface area contributed by atoms with Gasteiger partial charge in [0, 0.05) is 11.4 Å². The normalized spacial score (nSPS) is 12.4. The minimum absolute atomic E-state index is 0.00667. The van der Waals surface area contributed by atoms with Gasteiger partial charge in [-0.25, -0.2) is 5.43 Å². The molecule has 3 nitrogen and oxygen atoms in total. The van der Waals surface area contributed by atoms with Crippen LogP contribution in [-0.4, -0.2) is 4.98 Å². The van der Waals surface area contributed by atoms with Crippen LogP contribution in [0.25, 0.3) is 0 Å². The van der Waals surface area contributed by atoms with Crippen LogP contribution in [0, 0.1) is 13.8 Å². The Hall–Kier alpha value is -1.71. The number of nitrogens with two attached hydrogens (primary N) is 1. The zero-order valence-electron chi connectivity index (χ0n) is 12.5. The average Bonchev–Trinajstić information content (AvgIpc) is 2.39. The molecule has 1 aromatic heterocycles. The van der Waals surface area contributed by atoms with E-state index in [1.807, 2.05) is 13.8 Å². The number of nitrogens with zero attached hydrogens (tertiary/aromatic N) is 1. The highest BCUT2D eigenvalue weighted by atomic mass is 15.2. The number of benzene rings is 1. The first-order valence-corrected chi connectivity index (χ1v) is 7.14. The van der Waals surface area contributed by atoms with Crippen LogP contribution in [0.15, 0.2) is 36.4 Å². The molecule has 0 aliphatic rings. The first-order chi connectivity index (χ1) is 9.63. The molecule has 0 amide bonds. The topological polar surface area (TPSA) is 50.9 Å². The molecule has 1 unspecified atom stereocenters. The third-order valence-electron chi connectivity index (χ3n) is 3.43. The first kappa shape index (κ1) is 14.7. The molecule has 1 heterocycles. The van der Waals surface area contributed by atoms with E-state index >= 15 is 0 Å². The average molecular weight is 269 g/mol. The van der Waals surface area contributed by atoms with Crippen LogP contribution in [0.4, 0.5) is 0 Å². The van der Waals surface area contributed by atoms with Crippen molar-refractivity contribution in [2.45, 2.75) is 39.7 Å². The van der Waals surface area contributed by atoms with Crippen LogP contribution in [-0.2, 0) is 6.42 Å². The fraction of sp³-hybridized carbons (Fsp3) is 0.353. The van der Waals surface area contributed by atoms with E-state index in [1.165, 1.54) is 11.1 Å². The summed E-state index contributed by atoms with van der Waals surface area (Å²) in [5, 5.41) is 0. The Morgan fingerprint density at radius 2 is 1.80 bits per heavy atom. The summed E-state index contributed by atoms with van der Waals surface area (Å²) in [7, 11) is 0. The van der Waals surface area contributed by atoms with Crippen molar-refractivity contribution in [2.75, 3.05) is 0 Å². The second-order valence-corrected chi connectivity index (χ2v) is 5.28. The highest BCUT2D eigenvalue weighted by Crippen LogP contribution is 2.23. The number of hydrogen-bond donors (Lipinski definition) is 2. The van der Waals surface area contributed by atoms with E-state index in [1.54, 1.807) is 0 Å². The number of hydrazine groups is 1. The van der Waals surface area contributed by atoms with Gasteiger partial charge >= 0.3 is 0 Å². The summed E-state index contributed by atoms with van der Waals surface area (Å²) in [6.07, 6.45) is 2.25. The van der Waals surface area contributed by atoms with Gasteiger partial charge in [-0.05, 0) is 49.1 Å². The summed E-state index contributed by atoms with van der Waals surface area (Å²) in [5.41, 5.74) is 8.68. The second-order valence-electron chi connectivity index (χ2n) is 5.28. The molecule has 0 saturated heterocycles. The maximum Gasteiger partial charge on any atom is 0.0711 e. The molecule has 3 heteroatoms. The number of hydrogen-bond acceptors (Lipinski definition) is 3. The van der Waals surface area contributed by atoms with E-state index < -0.39 is 0 Å². The van der Waals surface area contributed by atoms with Crippen molar-refractivity contribution in [3.8, 4) is 0 Å². The van der Waals surface area contributed by atoms with Crippen molar-refractivity contribution in [3.63, 3.8) is 0 Å². The van der Waals surface area contributed by atoms with E-state index in [9.17, 15) is 0 Å². The van der Waals surface area contributed by atoms with Crippen LogP contribution in [0.2, 0.25) is 0 Å². The fourth-order valence-electron chi connectivity index (χ4n) is 2.64. The molecule has 1 aromatic carbocycles. The molecule has 3 N–H and O–H groups in total. The number of rotatable bonds is 5. The number of pyridine rings is 1. The summed E-state index contributed by atoms with van der Waals surface area (Å²) >= 11 is 0. The molecule has 0 radical (unpaired) electrons. The van der Waals surface area contributed by atoms with Crippen LogP contribution in [0.3, 0.4) is 0 Å². The molecule has 2 rings (SSSR count). The van der Waals surface area contributed by atoms with Gasteiger partial charge in [-0.3, -0.25) is 10.8 Å². The third-order valence-corrected chi connectivity index (χ3v) is 3.43. The van der Waals surface area contributed by atoms with Crippen LogP contribution < -0.4 is 11.3 Å². The Morgan fingerprint density at radius 1 is 1.10 bits per heavy atom. The van der Waals surface area contributed by atoms with Gasteiger partial charge < -0.3 is 0 Å². The summed E-state index contributed by atoms with van der Waals surface area (Å²) < 4.78 is 0. The predicted molar refractivity (Wildman–Crippen MR) is 83.3 cm³/mol. The van der Waals surface area contributed by atoms with Crippen molar-refractivity contribution in [3.05, 3.63) is 64.5 Å². The van der Waals surface area contributed by atoms with Crippen molar-refractivity contribution < 1.29 is 0 Å². The van der Waals surface area contributed by atoms with Gasteiger partial charge in [-0.15, -0.1) is 0 Å². The zero-order valence-corrected chi connectivity index (χ0v) is 12.5. The Morgan fingerprint density at radius 3 is 2.40 bits per heavy atom. The Kier molecular flexibility index (Phi) is 4.88. The van der Waals surface area contributed by atoms with Crippen molar-refractivity contribution in [1.29, 1.82) is 0 Å². The molecule has 0 saturated carbocycles. The van der Waals surface area contributed by atoms with Gasteiger partial charge in [0.2, 0.25) is 0 Å². The molecule has 0 spiro atoms. The molecule has 0 fully saturated rings. The summed E-state index contributed by atoms with van der Waals surface area (Å²) in [4.78, 5) is 4.42. The molecule has 0 aliphatic heterocycles. The largest absolute Gasteiger partial charge is 0.271 e. The van der Waals surface area contributed by atoms with Gasteiger partial charge in [-0.2, -0.15) is 0 Å². The van der Waals surface area contributed by atoms with E-state index in [-0.39, 0.29) is 6.04 Å². The lowest BCUT2D eigenvalue weighted by atomic mass is 9.96. The van der Waals surface area contributed by atoms with E-state index in [0.717, 1.165) is 29.8 Å². The monoisotopic (exact) mass is 269 g/mol. The highest BCUT2D eigenvalue weighted by molar-refractivity contribution is 5.35. The lowest BCUT2D eigenvalue weighted by molar-refractivity contribution is 0.634. The lowest BCUT2D eigenvalue weighted by Gasteiger charge is -2.18. The second kappa shape index (κ2) is 6.64. The summed E-state index contributed by atoms with van der Waals surface area (Å²) in [5.74, 6) is 5.79. The lowest BCUT2D eigenvalue weighted by Crippen LogP contribution is -2.29. The van der Waals surface area contributed by atoms with Gasteiger partial charge in [-0.1, -0.05) is 37.6 Å². The zero-order chi connectivity index (χ0) is 14.5. The van der Waals surface area contributed by atoms with Crippen LogP contribution in [0.5, 0.6) is 0 Å². The maximum absolute atomic E-state index is 5.79. The van der Waals surface area contributed by atoms with Crippen LogP contribution in [0.1, 0.15) is 47.5 Å². The predicted octanol–water partition coefficient (Wildman–Crippen LogP) is 3.20. The SMILES string of the molecule is CCCc1cccc(C(NN)c2cc(C)nc(C)c2)c1. The minimum Gasteiger partial charge on any atom is -0.271 e. The highest BCUT2D eigenvalue weighted by Gasteiger charge is 2.13. The maximum atomic E-state index is 5.79. The van der Waals surface area contributed by atoms with Crippen molar-refractivity contribution >= 4 is 0 Å². The Balaban J connectivity index is 2.38. The van der Waals surface area contributed by atoms with E-state index in [2.05, 4.69) is 53.7 Å². The number of nitrogens with one attached hydrogen (secondary N) is 1. The number of aromatic nitrogens is 1. The van der Waals surface area contributed by atoms with Gasteiger partial charge in [0.25, 0.3) is 0 Å². The summed E-state index contributed by atoms with van der Waals surface area (Å²) in [6, 6.07) is 12.8. The quantitative estimate of drug-likeness (QED) is 0.647.